The summed E-state index contributed by atoms with van der Waals surface area (Å²) in [5.74, 6) is 0.259. The lowest BCUT2D eigenvalue weighted by Crippen LogP contribution is -2.41. The first-order valence-corrected chi connectivity index (χ1v) is 9.02. The Morgan fingerprint density at radius 3 is 2.79 bits per heavy atom. The summed E-state index contributed by atoms with van der Waals surface area (Å²) in [5, 5.41) is 2.82. The Labute approximate surface area is 117 Å². The molecule has 1 aliphatic heterocycles. The van der Waals surface area contributed by atoms with E-state index in [2.05, 4.69) is 4.98 Å². The highest BCUT2D eigenvalue weighted by atomic mass is 32.2. The topological polar surface area (TPSA) is 67.3 Å². The third kappa shape index (κ3) is 3.54. The highest BCUT2D eigenvalue weighted by Gasteiger charge is 2.33. The number of nitrogens with zero attached hydrogens (tertiary/aromatic N) is 2. The number of carbonyl (C=O) groups excluding carboxylic acids is 1. The maximum atomic E-state index is 12.2. The van der Waals surface area contributed by atoms with Crippen molar-refractivity contribution in [2.24, 2.45) is 0 Å². The van der Waals surface area contributed by atoms with Gasteiger partial charge < -0.3 is 4.90 Å². The van der Waals surface area contributed by atoms with E-state index in [-0.39, 0.29) is 29.9 Å². The number of aryl methyl sites for hydroxylation is 1. The van der Waals surface area contributed by atoms with Gasteiger partial charge in [0, 0.05) is 18.0 Å². The lowest BCUT2D eigenvalue weighted by atomic mass is 10.2. The zero-order chi connectivity index (χ0) is 14.0. The lowest BCUT2D eigenvalue weighted by molar-refractivity contribution is -0.132. The molecule has 7 heteroatoms. The van der Waals surface area contributed by atoms with Crippen LogP contribution < -0.4 is 0 Å². The molecule has 0 N–H and O–H groups in total. The molecule has 1 aromatic heterocycles. The zero-order valence-corrected chi connectivity index (χ0v) is 12.8. The average Bonchev–Trinajstić information content (AvgIpc) is 2.86. The maximum absolute atomic E-state index is 12.2. The van der Waals surface area contributed by atoms with Gasteiger partial charge in [-0.15, -0.1) is 11.3 Å². The summed E-state index contributed by atoms with van der Waals surface area (Å²) in [6.45, 7) is 4.33. The predicted molar refractivity (Wildman–Crippen MR) is 75.0 cm³/mol. The van der Waals surface area contributed by atoms with Crippen LogP contribution in [0.1, 0.15) is 24.0 Å². The van der Waals surface area contributed by atoms with E-state index in [1.807, 2.05) is 19.2 Å². The maximum Gasteiger partial charge on any atom is 0.228 e. The van der Waals surface area contributed by atoms with Crippen molar-refractivity contribution in [1.29, 1.82) is 0 Å². The van der Waals surface area contributed by atoms with Crippen molar-refractivity contribution in [2.75, 3.05) is 18.1 Å². The number of amides is 1. The van der Waals surface area contributed by atoms with Gasteiger partial charge in [0.05, 0.1) is 28.6 Å². The average molecular weight is 302 g/mol. The Morgan fingerprint density at radius 1 is 1.58 bits per heavy atom. The van der Waals surface area contributed by atoms with Gasteiger partial charge in [0.25, 0.3) is 0 Å². The van der Waals surface area contributed by atoms with E-state index in [0.29, 0.717) is 13.0 Å². The molecule has 1 fully saturated rings. The molecule has 0 bridgehead atoms. The molecule has 2 rings (SSSR count). The number of aromatic nitrogens is 1. The van der Waals surface area contributed by atoms with Gasteiger partial charge in [-0.05, 0) is 20.3 Å². The molecule has 0 aromatic carbocycles. The Hall–Kier alpha value is -0.950. The molecule has 106 valence electrons. The molecule has 1 atom stereocenters. The number of hydrogen-bond acceptors (Lipinski definition) is 5. The molecule has 2 heterocycles. The van der Waals surface area contributed by atoms with Gasteiger partial charge in [0.2, 0.25) is 5.91 Å². The fourth-order valence-electron chi connectivity index (χ4n) is 2.41. The Balaban J connectivity index is 2.03. The quantitative estimate of drug-likeness (QED) is 0.833. The van der Waals surface area contributed by atoms with Crippen molar-refractivity contribution < 1.29 is 13.2 Å². The minimum absolute atomic E-state index is 0.0325. The molecule has 5 nitrogen and oxygen atoms in total. The number of sulfone groups is 1. The number of thiazole rings is 1. The first-order chi connectivity index (χ1) is 8.91. The van der Waals surface area contributed by atoms with Crippen LogP contribution in [0.15, 0.2) is 5.38 Å². The molecule has 1 aliphatic rings. The Bertz CT molecular complexity index is 565. The predicted octanol–water partition coefficient (Wildman–Crippen LogP) is 1.03. The number of carbonyl (C=O) groups is 1. The molecular weight excluding hydrogens is 284 g/mol. The highest BCUT2D eigenvalue weighted by Crippen LogP contribution is 2.19. The van der Waals surface area contributed by atoms with E-state index in [1.165, 1.54) is 11.3 Å². The van der Waals surface area contributed by atoms with E-state index in [1.54, 1.807) is 4.90 Å². The largest absolute Gasteiger partial charge is 0.339 e. The second kappa shape index (κ2) is 5.58. The van der Waals surface area contributed by atoms with Crippen molar-refractivity contribution in [3.05, 3.63) is 16.1 Å². The van der Waals surface area contributed by atoms with Crippen molar-refractivity contribution in [1.82, 2.24) is 9.88 Å². The molecule has 1 saturated heterocycles. The van der Waals surface area contributed by atoms with Gasteiger partial charge in [-0.25, -0.2) is 13.4 Å². The molecule has 19 heavy (non-hydrogen) atoms. The summed E-state index contributed by atoms with van der Waals surface area (Å²) < 4.78 is 23.0. The summed E-state index contributed by atoms with van der Waals surface area (Å²) in [5.41, 5.74) is 0.770. The number of likely N-dealkylation sites (N-methyl/N-ethyl adjacent to an activating group) is 1. The molecule has 0 radical (unpaired) electrons. The van der Waals surface area contributed by atoms with Crippen LogP contribution in [-0.4, -0.2) is 48.3 Å². The van der Waals surface area contributed by atoms with Gasteiger partial charge >= 0.3 is 0 Å². The van der Waals surface area contributed by atoms with Crippen LogP contribution in [0.2, 0.25) is 0 Å². The lowest BCUT2D eigenvalue weighted by Gasteiger charge is -2.26. The van der Waals surface area contributed by atoms with Crippen LogP contribution >= 0.6 is 11.3 Å². The third-order valence-electron chi connectivity index (χ3n) is 3.31. The summed E-state index contributed by atoms with van der Waals surface area (Å²) in [6, 6.07) is -0.165. The standard InChI is InChI=1S/C12H18N2O3S2/c1-3-14(11-4-5-19(16,17)8-11)12(15)6-10-7-18-9(2)13-10/h7,11H,3-6,8H2,1-2H3. The van der Waals surface area contributed by atoms with Crippen LogP contribution in [0.4, 0.5) is 0 Å². The van der Waals surface area contributed by atoms with Crippen molar-refractivity contribution in [2.45, 2.75) is 32.7 Å². The number of hydrogen-bond donors (Lipinski definition) is 0. The molecule has 1 aromatic rings. The van der Waals surface area contributed by atoms with E-state index < -0.39 is 9.84 Å². The van der Waals surface area contributed by atoms with Crippen molar-refractivity contribution >= 4 is 27.1 Å². The molecule has 1 amide bonds. The summed E-state index contributed by atoms with van der Waals surface area (Å²) >= 11 is 1.52. The highest BCUT2D eigenvalue weighted by molar-refractivity contribution is 7.91. The summed E-state index contributed by atoms with van der Waals surface area (Å²) in [4.78, 5) is 18.2. The van der Waals surface area contributed by atoms with Crippen LogP contribution in [0.3, 0.4) is 0 Å². The minimum Gasteiger partial charge on any atom is -0.339 e. The fourth-order valence-corrected chi connectivity index (χ4v) is 4.75. The van der Waals surface area contributed by atoms with Crippen molar-refractivity contribution in [3.8, 4) is 0 Å². The smallest absolute Gasteiger partial charge is 0.228 e. The normalized spacial score (nSPS) is 21.5. The zero-order valence-electron chi connectivity index (χ0n) is 11.1. The van der Waals surface area contributed by atoms with E-state index in [4.69, 9.17) is 0 Å². The van der Waals surface area contributed by atoms with Gasteiger partial charge in [0.15, 0.2) is 9.84 Å². The van der Waals surface area contributed by atoms with Crippen LogP contribution in [0.25, 0.3) is 0 Å². The molecule has 0 saturated carbocycles. The van der Waals surface area contributed by atoms with Crippen LogP contribution in [-0.2, 0) is 21.1 Å². The summed E-state index contributed by atoms with van der Waals surface area (Å²) in [6.07, 6.45) is 0.812. The monoisotopic (exact) mass is 302 g/mol. The van der Waals surface area contributed by atoms with Crippen molar-refractivity contribution in [3.63, 3.8) is 0 Å². The third-order valence-corrected chi connectivity index (χ3v) is 5.88. The van der Waals surface area contributed by atoms with E-state index in [0.717, 1.165) is 10.7 Å². The van der Waals surface area contributed by atoms with E-state index in [9.17, 15) is 13.2 Å². The van der Waals surface area contributed by atoms with Gasteiger partial charge in [-0.1, -0.05) is 0 Å². The number of rotatable bonds is 4. The Kier molecular flexibility index (Phi) is 4.25. The second-order valence-electron chi connectivity index (χ2n) is 4.77. The Morgan fingerprint density at radius 2 is 2.32 bits per heavy atom. The van der Waals surface area contributed by atoms with Crippen LogP contribution in [0, 0.1) is 6.92 Å². The van der Waals surface area contributed by atoms with Crippen LogP contribution in [0.5, 0.6) is 0 Å². The molecule has 0 spiro atoms. The minimum atomic E-state index is -2.96. The molecule has 0 aliphatic carbocycles. The SMILES string of the molecule is CCN(C(=O)Cc1csc(C)n1)C1CCS(=O)(=O)C1. The van der Waals surface area contributed by atoms with Gasteiger partial charge in [-0.2, -0.15) is 0 Å². The van der Waals surface area contributed by atoms with Gasteiger partial charge in [0.1, 0.15) is 0 Å². The van der Waals surface area contributed by atoms with E-state index >= 15 is 0 Å². The fraction of sp³-hybridized carbons (Fsp3) is 0.667. The molecule has 1 unspecified atom stereocenters. The molecular formula is C12H18N2O3S2. The second-order valence-corrected chi connectivity index (χ2v) is 8.06. The first-order valence-electron chi connectivity index (χ1n) is 6.32. The first kappa shape index (κ1) is 14.5. The summed E-state index contributed by atoms with van der Waals surface area (Å²) in [7, 11) is -2.96. The van der Waals surface area contributed by atoms with Gasteiger partial charge in [-0.3, -0.25) is 4.79 Å².